The molecule has 0 bridgehead atoms. The zero-order valence-corrected chi connectivity index (χ0v) is 18.7. The summed E-state index contributed by atoms with van der Waals surface area (Å²) in [6.45, 7) is 0.0722. The van der Waals surface area contributed by atoms with E-state index in [1.165, 1.54) is 11.7 Å². The van der Waals surface area contributed by atoms with Gasteiger partial charge in [0, 0.05) is 26.4 Å². The van der Waals surface area contributed by atoms with Crippen LogP contribution in [-0.2, 0) is 21.4 Å². The van der Waals surface area contributed by atoms with Gasteiger partial charge < -0.3 is 15.2 Å². The summed E-state index contributed by atoms with van der Waals surface area (Å²) in [6.07, 6.45) is -1.24. The van der Waals surface area contributed by atoms with Crippen molar-refractivity contribution in [3.8, 4) is 11.1 Å². The molecule has 1 heterocycles. The Kier molecular flexibility index (Phi) is 6.53. The van der Waals surface area contributed by atoms with Gasteiger partial charge in [-0.05, 0) is 39.1 Å². The molecule has 176 valence electrons. The summed E-state index contributed by atoms with van der Waals surface area (Å²) in [4.78, 5) is 37.9. The number of carbonyl (C=O) groups excluding carboxylic acids is 2. The second kappa shape index (κ2) is 9.69. The molecule has 0 saturated heterocycles. The molecule has 1 aliphatic rings. The van der Waals surface area contributed by atoms with Gasteiger partial charge in [-0.1, -0.05) is 53.6 Å². The number of aromatic nitrogens is 4. The van der Waals surface area contributed by atoms with Gasteiger partial charge in [0.25, 0.3) is 11.9 Å². The summed E-state index contributed by atoms with van der Waals surface area (Å²) < 4.78 is 6.80. The molecular weight excluding hydrogens is 440 g/mol. The van der Waals surface area contributed by atoms with Crippen molar-refractivity contribution in [2.75, 3.05) is 18.6 Å². The molecule has 0 fully saturated rings. The Morgan fingerprint density at radius 2 is 1.74 bits per heavy atom. The van der Waals surface area contributed by atoms with E-state index in [1.54, 1.807) is 7.05 Å². The topological polar surface area (TPSA) is 140 Å². The van der Waals surface area contributed by atoms with Crippen molar-refractivity contribution in [3.63, 3.8) is 0 Å². The first-order valence-electron chi connectivity index (χ1n) is 10.7. The van der Waals surface area contributed by atoms with E-state index in [0.717, 1.165) is 27.2 Å². The quantitative estimate of drug-likeness (QED) is 0.516. The third kappa shape index (κ3) is 4.58. The summed E-state index contributed by atoms with van der Waals surface area (Å²) in [5, 5.41) is 22.5. The van der Waals surface area contributed by atoms with Crippen molar-refractivity contribution in [1.29, 1.82) is 0 Å². The third-order valence-corrected chi connectivity index (χ3v) is 5.81. The zero-order chi connectivity index (χ0) is 24.2. The van der Waals surface area contributed by atoms with Crippen molar-refractivity contribution in [1.82, 2.24) is 25.5 Å². The molecule has 1 unspecified atom stereocenters. The number of tetrazole rings is 1. The maximum absolute atomic E-state index is 13.0. The lowest BCUT2D eigenvalue weighted by Crippen LogP contribution is -2.48. The Bertz CT molecular complexity index is 1180. The summed E-state index contributed by atoms with van der Waals surface area (Å²) >= 11 is 0. The molecule has 11 nitrogen and oxygen atoms in total. The minimum Gasteiger partial charge on any atom is -0.481 e. The van der Waals surface area contributed by atoms with Crippen molar-refractivity contribution in [3.05, 3.63) is 59.7 Å². The van der Waals surface area contributed by atoms with Gasteiger partial charge in [0.15, 0.2) is 0 Å². The van der Waals surface area contributed by atoms with E-state index in [0.29, 0.717) is 0 Å². The Labute approximate surface area is 195 Å². The largest absolute Gasteiger partial charge is 0.481 e. The second-order valence-corrected chi connectivity index (χ2v) is 7.95. The molecule has 0 aliphatic heterocycles. The number of aryl methyl sites for hydroxylation is 1. The van der Waals surface area contributed by atoms with Crippen LogP contribution in [0.1, 0.15) is 29.9 Å². The van der Waals surface area contributed by atoms with Crippen LogP contribution in [0.2, 0.25) is 0 Å². The molecule has 3 aromatic rings. The summed E-state index contributed by atoms with van der Waals surface area (Å²) in [5.74, 6) is -1.64. The summed E-state index contributed by atoms with van der Waals surface area (Å²) in [5.41, 5.74) is 4.31. The van der Waals surface area contributed by atoms with E-state index in [-0.39, 0.29) is 31.3 Å². The van der Waals surface area contributed by atoms with E-state index in [9.17, 15) is 14.4 Å². The molecule has 2 N–H and O–H groups in total. The fourth-order valence-electron chi connectivity index (χ4n) is 4.15. The maximum Gasteiger partial charge on any atom is 0.407 e. The van der Waals surface area contributed by atoms with Crippen LogP contribution in [-0.4, -0.2) is 63.0 Å². The first kappa shape index (κ1) is 22.9. The average Bonchev–Trinajstić information content (AvgIpc) is 3.40. The van der Waals surface area contributed by atoms with E-state index >= 15 is 0 Å². The standard InChI is InChI=1S/C23H24N6O5/c1-28(22-25-26-27-29(22)2)21(32)19(11-12-20(30)31)24-23(33)34-13-18-16-9-5-3-7-14(16)15-8-4-6-10-17(15)18/h3-10,18-19H,11-13H2,1-2H3,(H,24,33)(H,30,31). The number of amides is 2. The number of ether oxygens (including phenoxy) is 1. The highest BCUT2D eigenvalue weighted by molar-refractivity contribution is 5.97. The molecule has 0 saturated carbocycles. The maximum atomic E-state index is 13.0. The Morgan fingerprint density at radius 3 is 2.29 bits per heavy atom. The number of likely N-dealkylation sites (N-methyl/N-ethyl adjacent to an activating group) is 1. The number of benzene rings is 2. The number of carboxylic acid groups (broad SMARTS) is 1. The van der Waals surface area contributed by atoms with Gasteiger partial charge in [-0.15, -0.1) is 0 Å². The monoisotopic (exact) mass is 464 g/mol. The Hall–Kier alpha value is -4.28. The molecule has 1 aliphatic carbocycles. The van der Waals surface area contributed by atoms with Crippen molar-refractivity contribution in [2.45, 2.75) is 24.8 Å². The van der Waals surface area contributed by atoms with Crippen LogP contribution in [0.3, 0.4) is 0 Å². The number of hydrogen-bond donors (Lipinski definition) is 2. The van der Waals surface area contributed by atoms with Crippen LogP contribution < -0.4 is 10.2 Å². The molecule has 2 aromatic carbocycles. The van der Waals surface area contributed by atoms with Crippen LogP contribution in [0, 0.1) is 0 Å². The lowest BCUT2D eigenvalue weighted by molar-refractivity contribution is -0.137. The van der Waals surface area contributed by atoms with Gasteiger partial charge in [-0.2, -0.15) is 0 Å². The first-order valence-corrected chi connectivity index (χ1v) is 10.7. The van der Waals surface area contributed by atoms with Crippen LogP contribution in [0.5, 0.6) is 0 Å². The highest BCUT2D eigenvalue weighted by atomic mass is 16.5. The molecule has 1 atom stereocenters. The van der Waals surface area contributed by atoms with Crippen LogP contribution in [0.15, 0.2) is 48.5 Å². The smallest absolute Gasteiger partial charge is 0.407 e. The van der Waals surface area contributed by atoms with E-state index in [4.69, 9.17) is 9.84 Å². The van der Waals surface area contributed by atoms with Crippen LogP contribution in [0.25, 0.3) is 11.1 Å². The number of carboxylic acids is 1. The second-order valence-electron chi connectivity index (χ2n) is 7.95. The molecule has 1 aromatic heterocycles. The minimum absolute atomic E-state index is 0.0722. The molecule has 11 heteroatoms. The molecule has 4 rings (SSSR count). The lowest BCUT2D eigenvalue weighted by Gasteiger charge is -2.23. The average molecular weight is 464 g/mol. The molecular formula is C23H24N6O5. The van der Waals surface area contributed by atoms with E-state index in [2.05, 4.69) is 20.8 Å². The number of nitrogens with zero attached hydrogens (tertiary/aromatic N) is 5. The van der Waals surface area contributed by atoms with Crippen molar-refractivity contribution in [2.24, 2.45) is 7.05 Å². The van der Waals surface area contributed by atoms with Gasteiger partial charge in [-0.3, -0.25) is 14.5 Å². The predicted octanol–water partition coefficient (Wildman–Crippen LogP) is 1.94. The molecule has 0 spiro atoms. The number of fused-ring (bicyclic) bond motifs is 3. The summed E-state index contributed by atoms with van der Waals surface area (Å²) in [7, 11) is 3.01. The van der Waals surface area contributed by atoms with E-state index in [1.807, 2.05) is 48.5 Å². The fraction of sp³-hybridized carbons (Fsp3) is 0.304. The minimum atomic E-state index is -1.13. The highest BCUT2D eigenvalue weighted by Gasteiger charge is 2.31. The Balaban J connectivity index is 1.45. The SMILES string of the molecule is CN(C(=O)C(CCC(=O)O)NC(=O)OCC1c2ccccc2-c2ccccc21)c1nnnn1C. The third-order valence-electron chi connectivity index (χ3n) is 5.81. The van der Waals surface area contributed by atoms with Crippen LogP contribution >= 0.6 is 0 Å². The highest BCUT2D eigenvalue weighted by Crippen LogP contribution is 2.44. The first-order chi connectivity index (χ1) is 16.4. The van der Waals surface area contributed by atoms with Gasteiger partial charge >= 0.3 is 12.1 Å². The number of anilines is 1. The zero-order valence-electron chi connectivity index (χ0n) is 18.7. The Morgan fingerprint density at radius 1 is 1.12 bits per heavy atom. The summed E-state index contributed by atoms with van der Waals surface area (Å²) in [6, 6.07) is 14.8. The lowest BCUT2D eigenvalue weighted by atomic mass is 9.98. The normalized spacial score (nSPS) is 13.0. The predicted molar refractivity (Wildman–Crippen MR) is 121 cm³/mol. The number of nitrogens with one attached hydrogen (secondary N) is 1. The number of alkyl carbamates (subject to hydrolysis) is 1. The van der Waals surface area contributed by atoms with Gasteiger partial charge in [0.1, 0.15) is 12.6 Å². The van der Waals surface area contributed by atoms with Gasteiger partial charge in [0.2, 0.25) is 0 Å². The van der Waals surface area contributed by atoms with Gasteiger partial charge in [-0.25, -0.2) is 9.48 Å². The van der Waals surface area contributed by atoms with Crippen molar-refractivity contribution >= 4 is 23.9 Å². The molecule has 34 heavy (non-hydrogen) atoms. The van der Waals surface area contributed by atoms with Crippen molar-refractivity contribution < 1.29 is 24.2 Å². The molecule has 0 radical (unpaired) electrons. The van der Waals surface area contributed by atoms with Crippen LogP contribution in [0.4, 0.5) is 10.7 Å². The number of carbonyl (C=O) groups is 3. The van der Waals surface area contributed by atoms with E-state index < -0.39 is 24.0 Å². The van der Waals surface area contributed by atoms with Gasteiger partial charge in [0.05, 0.1) is 0 Å². The number of rotatable bonds is 8. The number of hydrogen-bond acceptors (Lipinski definition) is 7. The molecule has 2 amide bonds. The number of aliphatic carboxylic acids is 1. The fourth-order valence-corrected chi connectivity index (χ4v) is 4.15.